The third-order valence-electron chi connectivity index (χ3n) is 8.42. The number of alkyl halides is 2. The van der Waals surface area contributed by atoms with E-state index >= 15 is 0 Å². The summed E-state index contributed by atoms with van der Waals surface area (Å²) in [6.07, 6.45) is 0.105. The van der Waals surface area contributed by atoms with Crippen LogP contribution in [0.1, 0.15) is 67.3 Å². The number of benzene rings is 1. The molecule has 3 aliphatic rings. The van der Waals surface area contributed by atoms with Crippen LogP contribution in [0.25, 0.3) is 0 Å². The molecule has 4 atom stereocenters. The summed E-state index contributed by atoms with van der Waals surface area (Å²) >= 11 is 0. The number of carboxylic acids is 1. The van der Waals surface area contributed by atoms with Gasteiger partial charge in [-0.05, 0) is 55.6 Å². The molecular weight excluding hydrogens is 550 g/mol. The second-order valence-electron chi connectivity index (χ2n) is 11.3. The Balaban J connectivity index is 1.41. The summed E-state index contributed by atoms with van der Waals surface area (Å²) in [4.78, 5) is 51.5. The molecule has 4 rings (SSSR count). The molecule has 13 heteroatoms. The zero-order valence-electron chi connectivity index (χ0n) is 22.5. The van der Waals surface area contributed by atoms with E-state index in [0.29, 0.717) is 37.3 Å². The van der Waals surface area contributed by atoms with Gasteiger partial charge in [-0.25, -0.2) is 22.4 Å². The van der Waals surface area contributed by atoms with Gasteiger partial charge in [-0.15, -0.1) is 0 Å². The standard InChI is InChI=1S/C28H35F4N3O6/c29-19-9-16(28(40)41)10-20(30)18(19)7-8-33-25(37)21(12-23(31)32)34-26(38)22-11-17(14-3-1-2-4-14)13-35(22)27(39)24(36)15-5-6-15/h9-10,14-15,17,21-24,36H,1-8,11-13H2,(H,33,37)(H,34,38)(H,40,41). The first-order chi connectivity index (χ1) is 19.5. The summed E-state index contributed by atoms with van der Waals surface area (Å²) in [5.74, 6) is -5.96. The smallest absolute Gasteiger partial charge is 0.335 e. The zero-order valence-corrected chi connectivity index (χ0v) is 22.5. The first kappa shape index (κ1) is 30.7. The molecule has 1 aromatic carbocycles. The van der Waals surface area contributed by atoms with Crippen molar-refractivity contribution in [1.29, 1.82) is 0 Å². The first-order valence-corrected chi connectivity index (χ1v) is 14.0. The van der Waals surface area contributed by atoms with Gasteiger partial charge >= 0.3 is 5.97 Å². The van der Waals surface area contributed by atoms with Crippen LogP contribution in [0.2, 0.25) is 0 Å². The van der Waals surface area contributed by atoms with Crippen molar-refractivity contribution in [1.82, 2.24) is 15.5 Å². The lowest BCUT2D eigenvalue weighted by atomic mass is 9.89. The normalized spacial score (nSPS) is 22.5. The molecule has 1 aromatic rings. The van der Waals surface area contributed by atoms with Gasteiger partial charge in [0.15, 0.2) is 0 Å². The zero-order chi connectivity index (χ0) is 29.8. The molecular formula is C28H35F4N3O6. The van der Waals surface area contributed by atoms with Gasteiger partial charge in [-0.3, -0.25) is 14.4 Å². The van der Waals surface area contributed by atoms with E-state index in [4.69, 9.17) is 5.11 Å². The number of aromatic carboxylic acids is 1. The number of carboxylic acid groups (broad SMARTS) is 1. The molecule has 41 heavy (non-hydrogen) atoms. The minimum absolute atomic E-state index is 0.0169. The molecule has 4 N–H and O–H groups in total. The number of nitrogens with one attached hydrogen (secondary N) is 2. The molecule has 0 bridgehead atoms. The molecule has 1 aliphatic heterocycles. The number of carbonyl (C=O) groups excluding carboxylic acids is 3. The lowest BCUT2D eigenvalue weighted by molar-refractivity contribution is -0.146. The summed E-state index contributed by atoms with van der Waals surface area (Å²) in [5, 5.41) is 24.0. The molecule has 1 saturated heterocycles. The van der Waals surface area contributed by atoms with Crippen molar-refractivity contribution in [2.45, 2.75) is 82.4 Å². The Morgan fingerprint density at radius 2 is 1.63 bits per heavy atom. The molecule has 0 aromatic heterocycles. The van der Waals surface area contributed by atoms with E-state index in [1.54, 1.807) is 0 Å². The molecule has 0 spiro atoms. The van der Waals surface area contributed by atoms with Gasteiger partial charge in [0.2, 0.25) is 18.2 Å². The fourth-order valence-corrected chi connectivity index (χ4v) is 5.99. The van der Waals surface area contributed by atoms with Crippen molar-refractivity contribution in [2.75, 3.05) is 13.1 Å². The molecule has 1 heterocycles. The predicted molar refractivity (Wildman–Crippen MR) is 137 cm³/mol. The molecule has 4 unspecified atom stereocenters. The highest BCUT2D eigenvalue weighted by Gasteiger charge is 2.47. The summed E-state index contributed by atoms with van der Waals surface area (Å²) in [7, 11) is 0. The van der Waals surface area contributed by atoms with Crippen molar-refractivity contribution in [3.05, 3.63) is 34.9 Å². The Hall–Kier alpha value is -3.22. The fourth-order valence-electron chi connectivity index (χ4n) is 5.99. The van der Waals surface area contributed by atoms with Crippen LogP contribution in [-0.4, -0.2) is 76.5 Å². The Kier molecular flexibility index (Phi) is 9.88. The molecule has 2 aliphatic carbocycles. The maximum atomic E-state index is 14.2. The third-order valence-corrected chi connectivity index (χ3v) is 8.42. The van der Waals surface area contributed by atoms with Crippen LogP contribution in [0, 0.1) is 29.4 Å². The van der Waals surface area contributed by atoms with Crippen LogP contribution in [-0.2, 0) is 20.8 Å². The summed E-state index contributed by atoms with van der Waals surface area (Å²) in [6.45, 7) is -0.102. The largest absolute Gasteiger partial charge is 0.478 e. The topological polar surface area (TPSA) is 136 Å². The van der Waals surface area contributed by atoms with Crippen molar-refractivity contribution in [2.24, 2.45) is 17.8 Å². The van der Waals surface area contributed by atoms with Crippen molar-refractivity contribution >= 4 is 23.7 Å². The van der Waals surface area contributed by atoms with Crippen molar-refractivity contribution in [3.63, 3.8) is 0 Å². The van der Waals surface area contributed by atoms with Crippen molar-refractivity contribution in [3.8, 4) is 0 Å². The number of amides is 3. The van der Waals surface area contributed by atoms with Crippen LogP contribution in [0.15, 0.2) is 12.1 Å². The van der Waals surface area contributed by atoms with Gasteiger partial charge in [0.1, 0.15) is 29.8 Å². The van der Waals surface area contributed by atoms with Crippen LogP contribution in [0.3, 0.4) is 0 Å². The van der Waals surface area contributed by atoms with E-state index < -0.39 is 83.9 Å². The van der Waals surface area contributed by atoms with E-state index in [2.05, 4.69) is 10.6 Å². The van der Waals surface area contributed by atoms with Crippen LogP contribution in [0.5, 0.6) is 0 Å². The van der Waals surface area contributed by atoms with Crippen LogP contribution in [0.4, 0.5) is 17.6 Å². The lowest BCUT2D eigenvalue weighted by Gasteiger charge is -2.28. The van der Waals surface area contributed by atoms with Gasteiger partial charge in [0, 0.05) is 25.1 Å². The lowest BCUT2D eigenvalue weighted by Crippen LogP contribution is -2.55. The highest BCUT2D eigenvalue weighted by Crippen LogP contribution is 2.40. The molecule has 3 fully saturated rings. The van der Waals surface area contributed by atoms with E-state index in [9.17, 15) is 41.8 Å². The molecule has 226 valence electrons. The number of nitrogens with zero attached hydrogens (tertiary/aromatic N) is 1. The number of carbonyl (C=O) groups is 4. The predicted octanol–water partition coefficient (Wildman–Crippen LogP) is 2.64. The number of hydrogen-bond acceptors (Lipinski definition) is 5. The number of halogens is 4. The Morgan fingerprint density at radius 1 is 1.00 bits per heavy atom. The second-order valence-corrected chi connectivity index (χ2v) is 11.3. The number of rotatable bonds is 12. The summed E-state index contributed by atoms with van der Waals surface area (Å²) < 4.78 is 55.1. The molecule has 9 nitrogen and oxygen atoms in total. The number of aliphatic hydroxyl groups excluding tert-OH is 1. The van der Waals surface area contributed by atoms with E-state index in [1.807, 2.05) is 0 Å². The maximum Gasteiger partial charge on any atom is 0.335 e. The Morgan fingerprint density at radius 3 is 2.20 bits per heavy atom. The van der Waals surface area contributed by atoms with Gasteiger partial charge in [0.25, 0.3) is 5.91 Å². The average Bonchev–Trinajstić information content (AvgIpc) is 3.42. The Labute approximate surface area is 234 Å². The van der Waals surface area contributed by atoms with Crippen LogP contribution < -0.4 is 10.6 Å². The Bertz CT molecular complexity index is 1130. The number of hydrogen-bond donors (Lipinski definition) is 4. The fraction of sp³-hybridized carbons (Fsp3) is 0.643. The molecule has 0 radical (unpaired) electrons. The highest BCUT2D eigenvalue weighted by atomic mass is 19.3. The van der Waals surface area contributed by atoms with Gasteiger partial charge in [0.05, 0.1) is 5.56 Å². The van der Waals surface area contributed by atoms with E-state index in [0.717, 1.165) is 25.7 Å². The maximum absolute atomic E-state index is 14.2. The minimum Gasteiger partial charge on any atom is -0.478 e. The van der Waals surface area contributed by atoms with Gasteiger partial charge in [-0.2, -0.15) is 0 Å². The van der Waals surface area contributed by atoms with Gasteiger partial charge < -0.3 is 25.7 Å². The average molecular weight is 586 g/mol. The van der Waals surface area contributed by atoms with Gasteiger partial charge in [-0.1, -0.05) is 25.7 Å². The third kappa shape index (κ3) is 7.55. The number of aliphatic hydroxyl groups is 1. The molecule has 3 amide bonds. The van der Waals surface area contributed by atoms with Crippen LogP contribution >= 0.6 is 0 Å². The highest BCUT2D eigenvalue weighted by molar-refractivity contribution is 5.93. The van der Waals surface area contributed by atoms with E-state index in [1.165, 1.54) is 4.90 Å². The first-order valence-electron chi connectivity index (χ1n) is 14.0. The summed E-state index contributed by atoms with van der Waals surface area (Å²) in [6, 6.07) is -1.43. The SMILES string of the molecule is O=C(O)c1cc(F)c(CCNC(=O)C(CC(F)F)NC(=O)C2CC(C3CCCC3)CN2C(=O)C(O)C2CC2)c(F)c1. The van der Waals surface area contributed by atoms with E-state index in [-0.39, 0.29) is 24.9 Å². The summed E-state index contributed by atoms with van der Waals surface area (Å²) in [5.41, 5.74) is -1.08. The second kappa shape index (κ2) is 13.2. The van der Waals surface area contributed by atoms with Crippen molar-refractivity contribution < 1.29 is 47.0 Å². The minimum atomic E-state index is -2.96. The number of likely N-dealkylation sites (tertiary alicyclic amines) is 1. The quantitative estimate of drug-likeness (QED) is 0.279. The molecule has 2 saturated carbocycles. The monoisotopic (exact) mass is 585 g/mol.